The van der Waals surface area contributed by atoms with E-state index in [1.165, 1.54) is 0 Å². The average molecular weight is 282 g/mol. The molecule has 0 saturated carbocycles. The fourth-order valence-corrected chi connectivity index (χ4v) is 1.79. The van der Waals surface area contributed by atoms with E-state index in [0.29, 0.717) is 21.5 Å². The number of halogens is 1. The van der Waals surface area contributed by atoms with Gasteiger partial charge < -0.3 is 14.6 Å². The minimum atomic E-state index is -0.862. The van der Waals surface area contributed by atoms with Crippen molar-refractivity contribution in [3.05, 3.63) is 28.8 Å². The van der Waals surface area contributed by atoms with Crippen molar-refractivity contribution in [3.63, 3.8) is 0 Å². The van der Waals surface area contributed by atoms with Crippen molar-refractivity contribution in [1.29, 1.82) is 0 Å². The minimum Gasteiger partial charge on any atom is -0.507 e. The van der Waals surface area contributed by atoms with Gasteiger partial charge in [-0.2, -0.15) is 0 Å². The van der Waals surface area contributed by atoms with E-state index < -0.39 is 6.16 Å². The highest BCUT2D eigenvalue weighted by atomic mass is 35.5. The maximum atomic E-state index is 11.3. The lowest BCUT2D eigenvalue weighted by molar-refractivity contribution is 0.102. The number of aromatic hydroxyl groups is 1. The zero-order valence-corrected chi connectivity index (χ0v) is 11.2. The van der Waals surface area contributed by atoms with E-state index in [1.54, 1.807) is 32.0 Å². The quantitative estimate of drug-likeness (QED) is 0.854. The third kappa shape index (κ3) is 2.71. The van der Waals surface area contributed by atoms with E-state index in [9.17, 15) is 9.90 Å². The molecule has 0 aliphatic heterocycles. The van der Waals surface area contributed by atoms with Crippen LogP contribution in [-0.2, 0) is 4.74 Å². The summed E-state index contributed by atoms with van der Waals surface area (Å²) in [7, 11) is 0. The summed E-state index contributed by atoms with van der Waals surface area (Å²) in [5, 5.41) is 11.1. The lowest BCUT2D eigenvalue weighted by Crippen LogP contribution is -2.12. The van der Waals surface area contributed by atoms with Crippen molar-refractivity contribution < 1.29 is 19.4 Å². The number of carbonyl (C=O) groups excluding carboxylic acids is 1. The summed E-state index contributed by atoms with van der Waals surface area (Å²) in [6, 6.07) is 4.88. The molecule has 2 aromatic rings. The van der Waals surface area contributed by atoms with Crippen molar-refractivity contribution in [2.45, 2.75) is 13.8 Å². The van der Waals surface area contributed by atoms with Crippen LogP contribution in [-0.4, -0.2) is 22.9 Å². The monoisotopic (exact) mass is 281 g/mol. The number of pyridine rings is 1. The van der Waals surface area contributed by atoms with Crippen molar-refractivity contribution in [2.24, 2.45) is 0 Å². The highest BCUT2D eigenvalue weighted by molar-refractivity contribution is 6.31. The molecule has 1 aromatic heterocycles. The van der Waals surface area contributed by atoms with Crippen LogP contribution in [0.15, 0.2) is 18.2 Å². The molecule has 0 amide bonds. The van der Waals surface area contributed by atoms with E-state index >= 15 is 0 Å². The Morgan fingerprint density at radius 1 is 1.47 bits per heavy atom. The minimum absolute atomic E-state index is 0.000894. The summed E-state index contributed by atoms with van der Waals surface area (Å²) in [6.45, 7) is 3.47. The van der Waals surface area contributed by atoms with Crippen LogP contribution in [0.3, 0.4) is 0 Å². The summed E-state index contributed by atoms with van der Waals surface area (Å²) < 4.78 is 9.61. The molecule has 0 aliphatic rings. The van der Waals surface area contributed by atoms with Crippen LogP contribution in [0, 0.1) is 6.92 Å². The predicted molar refractivity (Wildman–Crippen MR) is 70.8 cm³/mol. The molecule has 0 spiro atoms. The lowest BCUT2D eigenvalue weighted by atomic mass is 10.1. The number of carbonyl (C=O) groups is 1. The largest absolute Gasteiger partial charge is 0.515 e. The molecule has 0 aliphatic carbocycles. The molecule has 0 unspecified atom stereocenters. The molecule has 1 aromatic carbocycles. The van der Waals surface area contributed by atoms with E-state index in [0.717, 1.165) is 0 Å². The summed E-state index contributed by atoms with van der Waals surface area (Å²) in [4.78, 5) is 15.4. The topological polar surface area (TPSA) is 68.7 Å². The number of benzene rings is 1. The maximum absolute atomic E-state index is 11.3. The fraction of sp³-hybridized carbons (Fsp3) is 0.231. The summed E-state index contributed by atoms with van der Waals surface area (Å²) in [6.07, 6.45) is -0.862. The number of nitrogens with zero attached hydrogens (tertiary/aromatic N) is 1. The Balaban J connectivity index is 2.50. The Morgan fingerprint density at radius 2 is 2.21 bits per heavy atom. The van der Waals surface area contributed by atoms with E-state index in [2.05, 4.69) is 9.72 Å². The first kappa shape index (κ1) is 13.4. The van der Waals surface area contributed by atoms with Gasteiger partial charge in [0.1, 0.15) is 5.75 Å². The van der Waals surface area contributed by atoms with Gasteiger partial charge in [-0.15, -0.1) is 0 Å². The Bertz CT molecular complexity index is 642. The first-order valence-corrected chi connectivity index (χ1v) is 6.04. The Morgan fingerprint density at radius 3 is 2.89 bits per heavy atom. The third-order valence-electron chi connectivity index (χ3n) is 2.56. The zero-order valence-electron chi connectivity index (χ0n) is 10.4. The molecule has 0 fully saturated rings. The molecule has 100 valence electrons. The molecule has 0 atom stereocenters. The van der Waals surface area contributed by atoms with Crippen molar-refractivity contribution in [1.82, 2.24) is 4.98 Å². The molecule has 0 saturated heterocycles. The predicted octanol–water partition coefficient (Wildman–Crippen LogP) is 3.44. The van der Waals surface area contributed by atoms with Gasteiger partial charge in [0.15, 0.2) is 0 Å². The van der Waals surface area contributed by atoms with Crippen LogP contribution < -0.4 is 4.74 Å². The lowest BCUT2D eigenvalue weighted by Gasteiger charge is -2.10. The molecule has 1 N–H and O–H groups in total. The van der Waals surface area contributed by atoms with E-state index in [1.807, 2.05) is 0 Å². The molecule has 1 heterocycles. The van der Waals surface area contributed by atoms with Crippen molar-refractivity contribution >= 4 is 28.7 Å². The molecule has 5 nitrogen and oxygen atoms in total. The number of aromatic nitrogens is 1. The highest BCUT2D eigenvalue weighted by Crippen LogP contribution is 2.34. The van der Waals surface area contributed by atoms with Crippen LogP contribution in [0.1, 0.15) is 12.5 Å². The molecule has 19 heavy (non-hydrogen) atoms. The summed E-state index contributed by atoms with van der Waals surface area (Å²) in [5.74, 6) is 0.00619. The van der Waals surface area contributed by atoms with Gasteiger partial charge in [0, 0.05) is 10.4 Å². The van der Waals surface area contributed by atoms with Gasteiger partial charge in [0.05, 0.1) is 17.7 Å². The molecular formula is C13H12ClNO4. The SMILES string of the molecule is CCOC(=O)Oc1nc2cc(Cl)ccc2c(O)c1C. The Hall–Kier alpha value is -2.01. The summed E-state index contributed by atoms with van der Waals surface area (Å²) >= 11 is 5.86. The number of ether oxygens (including phenoxy) is 2. The molecule has 2 rings (SSSR count). The van der Waals surface area contributed by atoms with E-state index in [-0.39, 0.29) is 18.2 Å². The number of rotatable bonds is 2. The third-order valence-corrected chi connectivity index (χ3v) is 2.79. The van der Waals surface area contributed by atoms with Crippen LogP contribution in [0.5, 0.6) is 11.6 Å². The van der Waals surface area contributed by atoms with Gasteiger partial charge >= 0.3 is 6.16 Å². The summed E-state index contributed by atoms with van der Waals surface area (Å²) in [5.41, 5.74) is 0.803. The Labute approximate surface area is 114 Å². The normalized spacial score (nSPS) is 10.5. The second kappa shape index (κ2) is 5.32. The van der Waals surface area contributed by atoms with Gasteiger partial charge in [-0.1, -0.05) is 11.6 Å². The molecule has 6 heteroatoms. The van der Waals surface area contributed by atoms with Gasteiger partial charge in [0.2, 0.25) is 5.88 Å². The highest BCUT2D eigenvalue weighted by Gasteiger charge is 2.15. The van der Waals surface area contributed by atoms with Crippen LogP contribution in [0.4, 0.5) is 4.79 Å². The first-order chi connectivity index (χ1) is 9.02. The van der Waals surface area contributed by atoms with Crippen LogP contribution in [0.2, 0.25) is 5.02 Å². The van der Waals surface area contributed by atoms with E-state index in [4.69, 9.17) is 16.3 Å². The number of fused-ring (bicyclic) bond motifs is 1. The number of hydrogen-bond donors (Lipinski definition) is 1. The van der Waals surface area contributed by atoms with Gasteiger partial charge in [-0.25, -0.2) is 9.78 Å². The molecule has 0 bridgehead atoms. The second-order valence-electron chi connectivity index (χ2n) is 3.84. The second-order valence-corrected chi connectivity index (χ2v) is 4.27. The van der Waals surface area contributed by atoms with Gasteiger partial charge in [-0.05, 0) is 32.0 Å². The van der Waals surface area contributed by atoms with Crippen LogP contribution in [0.25, 0.3) is 10.9 Å². The first-order valence-electron chi connectivity index (χ1n) is 5.66. The zero-order chi connectivity index (χ0) is 14.0. The van der Waals surface area contributed by atoms with Gasteiger partial charge in [0.25, 0.3) is 0 Å². The fourth-order valence-electron chi connectivity index (χ4n) is 1.62. The van der Waals surface area contributed by atoms with Crippen LogP contribution >= 0.6 is 11.6 Å². The molecule has 0 radical (unpaired) electrons. The van der Waals surface area contributed by atoms with Gasteiger partial charge in [-0.3, -0.25) is 0 Å². The Kier molecular flexibility index (Phi) is 3.76. The van der Waals surface area contributed by atoms with Crippen molar-refractivity contribution in [3.8, 4) is 11.6 Å². The molecular weight excluding hydrogens is 270 g/mol. The van der Waals surface area contributed by atoms with Crippen molar-refractivity contribution in [2.75, 3.05) is 6.61 Å². The standard InChI is InChI=1S/C13H12ClNO4/c1-3-18-13(17)19-12-7(2)11(16)9-5-4-8(14)6-10(9)15-12/h4-6H,3H2,1-2H3,(H,15,16). The smallest absolute Gasteiger partial charge is 0.507 e. The number of hydrogen-bond acceptors (Lipinski definition) is 5. The average Bonchev–Trinajstić information content (AvgIpc) is 2.35. The maximum Gasteiger partial charge on any atom is 0.515 e.